The summed E-state index contributed by atoms with van der Waals surface area (Å²) in [5.74, 6) is 0. The molecule has 0 atom stereocenters. The zero-order valence-corrected chi connectivity index (χ0v) is 10.3. The fourth-order valence-corrected chi connectivity index (χ4v) is 1.79. The Morgan fingerprint density at radius 2 is 1.88 bits per heavy atom. The molecule has 0 aliphatic heterocycles. The van der Waals surface area contributed by atoms with Gasteiger partial charge in [-0.1, -0.05) is 27.7 Å². The van der Waals surface area contributed by atoms with Gasteiger partial charge in [-0.2, -0.15) is 0 Å². The second-order valence-corrected chi connectivity index (χ2v) is 4.99. The van der Waals surface area contributed by atoms with E-state index in [-0.39, 0.29) is 5.41 Å². The number of fused-ring (bicyclic) bond motifs is 1. The Hall–Kier alpha value is -1.51. The van der Waals surface area contributed by atoms with Gasteiger partial charge in [0.05, 0.1) is 23.1 Å². The minimum Gasteiger partial charge on any atom is -0.262 e. The van der Waals surface area contributed by atoms with Crippen molar-refractivity contribution in [1.29, 1.82) is 0 Å². The van der Waals surface area contributed by atoms with Gasteiger partial charge in [0, 0.05) is 11.6 Å². The first-order valence-corrected chi connectivity index (χ1v) is 5.63. The molecule has 3 heteroatoms. The number of aryl methyl sites for hydroxylation is 1. The Morgan fingerprint density at radius 1 is 1.12 bits per heavy atom. The number of aromatic nitrogens is 3. The lowest BCUT2D eigenvalue weighted by Crippen LogP contribution is -2.17. The van der Waals surface area contributed by atoms with Crippen molar-refractivity contribution in [2.24, 2.45) is 0 Å². The van der Waals surface area contributed by atoms with Crippen LogP contribution in [-0.2, 0) is 11.8 Å². The first-order valence-electron chi connectivity index (χ1n) is 5.63. The Balaban J connectivity index is 2.73. The lowest BCUT2D eigenvalue weighted by Gasteiger charge is -2.20. The SMILES string of the molecule is CCc1nc2cnccc2nc1C(C)(C)C. The highest BCUT2D eigenvalue weighted by Crippen LogP contribution is 2.25. The Morgan fingerprint density at radius 3 is 2.50 bits per heavy atom. The molecule has 0 spiro atoms. The van der Waals surface area contributed by atoms with Gasteiger partial charge in [0.1, 0.15) is 5.52 Å². The number of rotatable bonds is 1. The molecule has 0 saturated carbocycles. The normalized spacial score (nSPS) is 12.0. The number of pyridine rings is 1. The molecule has 2 aromatic rings. The molecule has 2 heterocycles. The molecule has 0 unspecified atom stereocenters. The van der Waals surface area contributed by atoms with E-state index in [0.29, 0.717) is 0 Å². The monoisotopic (exact) mass is 215 g/mol. The van der Waals surface area contributed by atoms with Crippen molar-refractivity contribution in [2.45, 2.75) is 39.5 Å². The van der Waals surface area contributed by atoms with Crippen molar-refractivity contribution >= 4 is 11.0 Å². The maximum absolute atomic E-state index is 4.71. The summed E-state index contributed by atoms with van der Waals surface area (Å²) >= 11 is 0. The second kappa shape index (κ2) is 3.81. The van der Waals surface area contributed by atoms with Crippen LogP contribution in [0.3, 0.4) is 0 Å². The van der Waals surface area contributed by atoms with Crippen molar-refractivity contribution in [2.75, 3.05) is 0 Å². The molecular weight excluding hydrogens is 198 g/mol. The predicted octanol–water partition coefficient (Wildman–Crippen LogP) is 2.88. The zero-order chi connectivity index (χ0) is 11.8. The standard InChI is InChI=1S/C13H17N3/c1-5-9-12(13(2,3)4)16-10-6-7-14-8-11(10)15-9/h6-8H,5H2,1-4H3. The van der Waals surface area contributed by atoms with E-state index in [2.05, 4.69) is 37.7 Å². The lowest BCUT2D eigenvalue weighted by molar-refractivity contribution is 0.559. The van der Waals surface area contributed by atoms with Gasteiger partial charge in [0.15, 0.2) is 0 Å². The van der Waals surface area contributed by atoms with Crippen LogP contribution in [-0.4, -0.2) is 15.0 Å². The van der Waals surface area contributed by atoms with Gasteiger partial charge in [0.25, 0.3) is 0 Å². The van der Waals surface area contributed by atoms with E-state index in [0.717, 1.165) is 28.8 Å². The summed E-state index contributed by atoms with van der Waals surface area (Å²) in [6, 6.07) is 1.91. The zero-order valence-electron chi connectivity index (χ0n) is 10.3. The number of hydrogen-bond acceptors (Lipinski definition) is 3. The lowest BCUT2D eigenvalue weighted by atomic mass is 9.89. The molecule has 84 valence electrons. The summed E-state index contributed by atoms with van der Waals surface area (Å²) in [5.41, 5.74) is 4.02. The fraction of sp³-hybridized carbons (Fsp3) is 0.462. The summed E-state index contributed by atoms with van der Waals surface area (Å²) in [5, 5.41) is 0. The molecular formula is C13H17N3. The second-order valence-electron chi connectivity index (χ2n) is 4.99. The van der Waals surface area contributed by atoms with Crippen LogP contribution in [0, 0.1) is 0 Å². The molecule has 0 fully saturated rings. The van der Waals surface area contributed by atoms with Crippen LogP contribution in [0.2, 0.25) is 0 Å². The van der Waals surface area contributed by atoms with E-state index in [1.165, 1.54) is 0 Å². The Bertz CT molecular complexity index is 512. The molecule has 0 aliphatic carbocycles. The van der Waals surface area contributed by atoms with Crippen LogP contribution < -0.4 is 0 Å². The first kappa shape index (κ1) is 11.0. The topological polar surface area (TPSA) is 38.7 Å². The fourth-order valence-electron chi connectivity index (χ4n) is 1.79. The molecule has 0 aliphatic rings. The highest BCUT2D eigenvalue weighted by Gasteiger charge is 2.20. The smallest absolute Gasteiger partial charge is 0.107 e. The van der Waals surface area contributed by atoms with Gasteiger partial charge in [-0.25, -0.2) is 9.97 Å². The summed E-state index contributed by atoms with van der Waals surface area (Å²) in [4.78, 5) is 13.4. The van der Waals surface area contributed by atoms with Crippen LogP contribution in [0.15, 0.2) is 18.5 Å². The molecule has 16 heavy (non-hydrogen) atoms. The van der Waals surface area contributed by atoms with E-state index in [1.807, 2.05) is 6.07 Å². The van der Waals surface area contributed by atoms with Crippen LogP contribution in [0.4, 0.5) is 0 Å². The molecule has 0 N–H and O–H groups in total. The average molecular weight is 215 g/mol. The van der Waals surface area contributed by atoms with Crippen LogP contribution >= 0.6 is 0 Å². The molecule has 0 saturated heterocycles. The average Bonchev–Trinajstić information content (AvgIpc) is 2.26. The Kier molecular flexibility index (Phi) is 2.62. The third-order valence-corrected chi connectivity index (χ3v) is 2.58. The summed E-state index contributed by atoms with van der Waals surface area (Å²) in [6.07, 6.45) is 4.44. The van der Waals surface area contributed by atoms with Gasteiger partial charge >= 0.3 is 0 Å². The highest BCUT2D eigenvalue weighted by molar-refractivity contribution is 5.73. The summed E-state index contributed by atoms with van der Waals surface area (Å²) < 4.78 is 0. The van der Waals surface area contributed by atoms with E-state index >= 15 is 0 Å². The molecule has 0 bridgehead atoms. The van der Waals surface area contributed by atoms with Crippen molar-refractivity contribution in [3.05, 3.63) is 29.8 Å². The first-order chi connectivity index (χ1) is 7.52. The van der Waals surface area contributed by atoms with Gasteiger partial charge in [0.2, 0.25) is 0 Å². The van der Waals surface area contributed by atoms with E-state index in [9.17, 15) is 0 Å². The van der Waals surface area contributed by atoms with E-state index in [1.54, 1.807) is 12.4 Å². The minimum absolute atomic E-state index is 0.0375. The van der Waals surface area contributed by atoms with Gasteiger partial charge in [-0.05, 0) is 12.5 Å². The van der Waals surface area contributed by atoms with Crippen molar-refractivity contribution in [1.82, 2.24) is 15.0 Å². The predicted molar refractivity (Wildman–Crippen MR) is 65.4 cm³/mol. The number of nitrogens with zero attached hydrogens (tertiary/aromatic N) is 3. The number of hydrogen-bond donors (Lipinski definition) is 0. The molecule has 0 radical (unpaired) electrons. The summed E-state index contributed by atoms with van der Waals surface area (Å²) in [7, 11) is 0. The molecule has 2 rings (SSSR count). The van der Waals surface area contributed by atoms with Crippen molar-refractivity contribution in [3.63, 3.8) is 0 Å². The van der Waals surface area contributed by atoms with Crippen LogP contribution in [0.5, 0.6) is 0 Å². The molecule has 0 aromatic carbocycles. The maximum Gasteiger partial charge on any atom is 0.107 e. The van der Waals surface area contributed by atoms with Gasteiger partial charge < -0.3 is 0 Å². The van der Waals surface area contributed by atoms with Crippen molar-refractivity contribution < 1.29 is 0 Å². The Labute approximate surface area is 96.0 Å². The van der Waals surface area contributed by atoms with E-state index in [4.69, 9.17) is 4.98 Å². The minimum atomic E-state index is 0.0375. The third kappa shape index (κ3) is 1.90. The maximum atomic E-state index is 4.71. The molecule has 3 nitrogen and oxygen atoms in total. The highest BCUT2D eigenvalue weighted by atomic mass is 14.9. The largest absolute Gasteiger partial charge is 0.262 e. The van der Waals surface area contributed by atoms with Crippen LogP contribution in [0.1, 0.15) is 39.1 Å². The van der Waals surface area contributed by atoms with Gasteiger partial charge in [-0.15, -0.1) is 0 Å². The molecule has 0 amide bonds. The summed E-state index contributed by atoms with van der Waals surface area (Å²) in [6.45, 7) is 8.62. The molecule has 2 aromatic heterocycles. The third-order valence-electron chi connectivity index (χ3n) is 2.58. The van der Waals surface area contributed by atoms with E-state index < -0.39 is 0 Å². The van der Waals surface area contributed by atoms with Crippen LogP contribution in [0.25, 0.3) is 11.0 Å². The van der Waals surface area contributed by atoms with Crippen molar-refractivity contribution in [3.8, 4) is 0 Å². The van der Waals surface area contributed by atoms with Gasteiger partial charge in [-0.3, -0.25) is 4.98 Å². The quantitative estimate of drug-likeness (QED) is 0.734.